The molecule has 2 rings (SSSR count). The maximum absolute atomic E-state index is 12.1. The molecule has 2 aliphatic heterocycles. The predicted octanol–water partition coefficient (Wildman–Crippen LogP) is 2.80. The summed E-state index contributed by atoms with van der Waals surface area (Å²) in [6.07, 6.45) is 13.5. The van der Waals surface area contributed by atoms with Crippen LogP contribution >= 0.6 is 0 Å². The molecular formula is C28H54N6O2. The fourth-order valence-corrected chi connectivity index (χ4v) is 5.36. The first-order chi connectivity index (χ1) is 17.5. The minimum Gasteiger partial charge on any atom is -0.386 e. The van der Waals surface area contributed by atoms with E-state index in [0.717, 1.165) is 83.5 Å². The van der Waals surface area contributed by atoms with E-state index >= 15 is 0 Å². The van der Waals surface area contributed by atoms with Gasteiger partial charge in [-0.2, -0.15) is 0 Å². The Bertz CT molecular complexity index is 628. The van der Waals surface area contributed by atoms with Gasteiger partial charge in [-0.15, -0.1) is 0 Å². The van der Waals surface area contributed by atoms with Gasteiger partial charge in [0.25, 0.3) is 0 Å². The molecule has 0 aromatic rings. The molecule has 2 saturated heterocycles. The van der Waals surface area contributed by atoms with E-state index in [1.54, 1.807) is 0 Å². The second kappa shape index (κ2) is 18.4. The van der Waals surface area contributed by atoms with Crippen molar-refractivity contribution < 1.29 is 9.59 Å². The molecule has 0 radical (unpaired) electrons. The van der Waals surface area contributed by atoms with Gasteiger partial charge in [-0.05, 0) is 76.5 Å². The van der Waals surface area contributed by atoms with E-state index in [9.17, 15) is 9.59 Å². The molecule has 0 saturated carbocycles. The summed E-state index contributed by atoms with van der Waals surface area (Å²) in [6.45, 7) is 14.3. The van der Waals surface area contributed by atoms with Crippen LogP contribution in [0.2, 0.25) is 0 Å². The molecule has 0 aliphatic carbocycles. The third-order valence-electron chi connectivity index (χ3n) is 7.83. The van der Waals surface area contributed by atoms with Gasteiger partial charge in [0.15, 0.2) is 0 Å². The number of carbonyl (C=O) groups excluding carboxylic acids is 2. The highest BCUT2D eigenvalue weighted by Gasteiger charge is 2.22. The number of nitrogens with two attached hydrogens (primary N) is 1. The monoisotopic (exact) mass is 506 g/mol. The number of unbranched alkanes of at least 4 members (excludes halogenated alkanes) is 1. The van der Waals surface area contributed by atoms with E-state index in [1.807, 2.05) is 0 Å². The smallest absolute Gasteiger partial charge is 0.221 e. The Hall–Kier alpha value is -1.80. The lowest BCUT2D eigenvalue weighted by Crippen LogP contribution is -2.37. The van der Waals surface area contributed by atoms with Gasteiger partial charge < -0.3 is 31.5 Å². The molecular weight excluding hydrogens is 452 g/mol. The topological polar surface area (TPSA) is 103 Å². The number of hydrogen-bond acceptors (Lipinski definition) is 6. The van der Waals surface area contributed by atoms with Crippen LogP contribution in [0.4, 0.5) is 0 Å². The minimum absolute atomic E-state index is 0.144. The molecule has 36 heavy (non-hydrogen) atoms. The summed E-state index contributed by atoms with van der Waals surface area (Å²) < 4.78 is 0. The Morgan fingerprint density at radius 1 is 0.750 bits per heavy atom. The van der Waals surface area contributed by atoms with Crippen molar-refractivity contribution in [3.8, 4) is 0 Å². The van der Waals surface area contributed by atoms with Crippen LogP contribution in [-0.4, -0.2) is 80.5 Å². The van der Waals surface area contributed by atoms with E-state index in [4.69, 9.17) is 5.73 Å². The molecule has 0 bridgehead atoms. The maximum atomic E-state index is 12.1. The zero-order chi connectivity index (χ0) is 26.0. The van der Waals surface area contributed by atoms with Crippen molar-refractivity contribution in [3.05, 3.63) is 12.4 Å². The fraction of sp³-hybridized carbons (Fsp3) is 0.857. The van der Waals surface area contributed by atoms with Crippen LogP contribution in [0, 0.1) is 11.8 Å². The van der Waals surface area contributed by atoms with Gasteiger partial charge in [0, 0.05) is 45.6 Å². The number of nitrogens with one attached hydrogen (secondary N) is 3. The van der Waals surface area contributed by atoms with Gasteiger partial charge in [0.1, 0.15) is 0 Å². The zero-order valence-corrected chi connectivity index (χ0v) is 23.0. The Labute approximate surface area is 220 Å². The number of piperidine rings is 2. The highest BCUT2D eigenvalue weighted by Crippen LogP contribution is 2.27. The van der Waals surface area contributed by atoms with E-state index in [-0.39, 0.29) is 11.8 Å². The molecule has 8 nitrogen and oxygen atoms in total. The molecule has 5 N–H and O–H groups in total. The number of nitrogens with zero attached hydrogens (tertiary/aromatic N) is 2. The maximum Gasteiger partial charge on any atom is 0.221 e. The van der Waals surface area contributed by atoms with Crippen LogP contribution in [0.1, 0.15) is 84.0 Å². The highest BCUT2D eigenvalue weighted by molar-refractivity contribution is 5.76. The van der Waals surface area contributed by atoms with Crippen LogP contribution in [0.5, 0.6) is 0 Å². The van der Waals surface area contributed by atoms with Crippen molar-refractivity contribution in [3.63, 3.8) is 0 Å². The van der Waals surface area contributed by atoms with Crippen molar-refractivity contribution in [2.24, 2.45) is 17.6 Å². The third-order valence-corrected chi connectivity index (χ3v) is 7.83. The van der Waals surface area contributed by atoms with Gasteiger partial charge in [0.05, 0.1) is 5.82 Å². The first-order valence-corrected chi connectivity index (χ1v) is 14.6. The van der Waals surface area contributed by atoms with Crippen molar-refractivity contribution in [2.75, 3.05) is 58.9 Å². The minimum atomic E-state index is 0.144. The van der Waals surface area contributed by atoms with Gasteiger partial charge in [-0.3, -0.25) is 9.59 Å². The van der Waals surface area contributed by atoms with E-state index < -0.39 is 0 Å². The number of hydrogen-bond donors (Lipinski definition) is 4. The summed E-state index contributed by atoms with van der Waals surface area (Å²) in [5.41, 5.74) is 5.46. The summed E-state index contributed by atoms with van der Waals surface area (Å²) in [5.74, 6) is 2.54. The zero-order valence-electron chi connectivity index (χ0n) is 23.0. The summed E-state index contributed by atoms with van der Waals surface area (Å²) in [4.78, 5) is 28.9. The van der Waals surface area contributed by atoms with E-state index in [0.29, 0.717) is 25.2 Å². The highest BCUT2D eigenvalue weighted by atomic mass is 16.2. The lowest BCUT2D eigenvalue weighted by atomic mass is 9.87. The lowest BCUT2D eigenvalue weighted by Gasteiger charge is -2.33. The quantitative estimate of drug-likeness (QED) is 0.213. The molecule has 2 aliphatic rings. The molecule has 0 atom stereocenters. The lowest BCUT2D eigenvalue weighted by molar-refractivity contribution is -0.122. The molecule has 0 unspecified atom stereocenters. The normalized spacial score (nSPS) is 18.1. The molecule has 0 aromatic carbocycles. The van der Waals surface area contributed by atoms with Crippen LogP contribution in [-0.2, 0) is 9.59 Å². The number of likely N-dealkylation sites (tertiary alicyclic amines) is 2. The molecule has 0 spiro atoms. The van der Waals surface area contributed by atoms with Crippen LogP contribution in [0.25, 0.3) is 0 Å². The fourth-order valence-electron chi connectivity index (χ4n) is 5.36. The largest absolute Gasteiger partial charge is 0.386 e. The Morgan fingerprint density at radius 3 is 1.64 bits per heavy atom. The molecule has 8 heteroatoms. The summed E-state index contributed by atoms with van der Waals surface area (Å²) >= 11 is 0. The first kappa shape index (κ1) is 30.4. The van der Waals surface area contributed by atoms with Crippen LogP contribution < -0.4 is 21.7 Å². The second-order valence-electron chi connectivity index (χ2n) is 10.9. The van der Waals surface area contributed by atoms with Crippen LogP contribution in [0.3, 0.4) is 0 Å². The van der Waals surface area contributed by atoms with Crippen molar-refractivity contribution in [1.82, 2.24) is 25.8 Å². The Morgan fingerprint density at radius 2 is 1.19 bits per heavy atom. The van der Waals surface area contributed by atoms with Crippen molar-refractivity contribution in [1.29, 1.82) is 0 Å². The van der Waals surface area contributed by atoms with Gasteiger partial charge >= 0.3 is 0 Å². The summed E-state index contributed by atoms with van der Waals surface area (Å²) in [5, 5.41) is 8.98. The van der Waals surface area contributed by atoms with Gasteiger partial charge in [0.2, 0.25) is 11.8 Å². The van der Waals surface area contributed by atoms with Crippen LogP contribution in [0.15, 0.2) is 12.4 Å². The van der Waals surface area contributed by atoms with Gasteiger partial charge in [-0.1, -0.05) is 39.2 Å². The van der Waals surface area contributed by atoms with Gasteiger partial charge in [-0.25, -0.2) is 0 Å². The SMILES string of the molecule is C=C(N)NCCCNC(=O)CCN1CCC(CCCC2CCN(CCC(=O)NCCCC)CC2)CC1. The van der Waals surface area contributed by atoms with E-state index in [2.05, 4.69) is 39.3 Å². The Balaban J connectivity index is 1.43. The summed E-state index contributed by atoms with van der Waals surface area (Å²) in [7, 11) is 0. The third kappa shape index (κ3) is 14.1. The van der Waals surface area contributed by atoms with Crippen molar-refractivity contribution in [2.45, 2.75) is 84.0 Å². The second-order valence-corrected chi connectivity index (χ2v) is 10.9. The molecule has 0 aromatic heterocycles. The van der Waals surface area contributed by atoms with E-state index in [1.165, 1.54) is 44.9 Å². The standard InChI is InChI=1S/C28H54N6O2/c1-3-4-15-31-27(35)13-22-33-18-9-25(10-19-33)7-5-8-26-11-20-34(21-12-26)23-14-28(36)32-17-6-16-30-24(2)29/h25-26,30H,2-23,29H2,1H3,(H,31,35)(H,32,36). The molecule has 208 valence electrons. The molecule has 2 amide bonds. The average molecular weight is 507 g/mol. The predicted molar refractivity (Wildman–Crippen MR) is 148 cm³/mol. The summed E-state index contributed by atoms with van der Waals surface area (Å²) in [6, 6.07) is 0. The molecule has 2 fully saturated rings. The number of carbonyl (C=O) groups is 2. The number of amides is 2. The number of rotatable bonds is 18. The molecule has 2 heterocycles. The Kier molecular flexibility index (Phi) is 15.6. The first-order valence-electron chi connectivity index (χ1n) is 14.6. The van der Waals surface area contributed by atoms with Crippen molar-refractivity contribution >= 4 is 11.8 Å². The average Bonchev–Trinajstić information content (AvgIpc) is 2.87.